The van der Waals surface area contributed by atoms with E-state index in [9.17, 15) is 19.9 Å². The van der Waals surface area contributed by atoms with Crippen LogP contribution in [0.15, 0.2) is 102 Å². The zero-order valence-corrected chi connectivity index (χ0v) is 28.3. The maximum atomic E-state index is 13.1. The molecule has 0 aliphatic carbocycles. The topological polar surface area (TPSA) is 130 Å². The zero-order valence-electron chi connectivity index (χ0n) is 27.5. The molecule has 1 heterocycles. The third kappa shape index (κ3) is 11.4. The number of pyridine rings is 1. The number of rotatable bonds is 17. The fourth-order valence-electron chi connectivity index (χ4n) is 5.15. The molecule has 11 heteroatoms. The summed E-state index contributed by atoms with van der Waals surface area (Å²) < 4.78 is 1.05. The average Bonchev–Trinajstić information content (AvgIpc) is 3.06. The van der Waals surface area contributed by atoms with Gasteiger partial charge in [0.2, 0.25) is 11.8 Å². The Balaban J connectivity index is 1.38. The third-order valence-corrected chi connectivity index (χ3v) is 8.58. The van der Waals surface area contributed by atoms with Gasteiger partial charge in [0.25, 0.3) is 0 Å². The summed E-state index contributed by atoms with van der Waals surface area (Å²) in [6.45, 7) is 8.36. The Labute approximate surface area is 281 Å². The van der Waals surface area contributed by atoms with Gasteiger partial charge in [0.1, 0.15) is 0 Å². The predicted octanol–water partition coefficient (Wildman–Crippen LogP) is 4.54. The van der Waals surface area contributed by atoms with E-state index < -0.39 is 23.6 Å². The van der Waals surface area contributed by atoms with Crippen LogP contribution in [0.25, 0.3) is 10.9 Å². The van der Waals surface area contributed by atoms with Crippen molar-refractivity contribution in [1.29, 1.82) is 0 Å². The fraction of sp³-hybridized carbons (Fsp3) is 0.361. The van der Waals surface area contributed by atoms with Crippen LogP contribution in [0, 0.1) is 5.92 Å². The van der Waals surface area contributed by atoms with Crippen molar-refractivity contribution in [3.8, 4) is 0 Å². The van der Waals surface area contributed by atoms with Gasteiger partial charge in [0.05, 0.1) is 30.8 Å². The molecule has 10 nitrogen and oxygen atoms in total. The summed E-state index contributed by atoms with van der Waals surface area (Å²) in [4.78, 5) is 30.9. The first kappa shape index (κ1) is 36.0. The number of benzene rings is 3. The standard InChI is InChI=1S/C36H46N6O4S/c1-26(2)24-41(42(46)47-30-17-18-31-28(21-30)14-11-19-37-31)25-33(43)32(20-27-12-7-5-8-13-27)40-35(45)22-38-34(44)23-39-36(3,4)29-15-9-6-10-16-29/h5-19,21,26,32-33,39,43,46H,20,22-25H2,1-4H3,(H,38,44)(H,40,45). The molecule has 1 aromatic heterocycles. The number of hydrazine groups is 1. The minimum atomic E-state index is -1.04. The molecule has 0 radical (unpaired) electrons. The molecular formula is C36H46N6O4S. The Morgan fingerprint density at radius 2 is 1.60 bits per heavy atom. The molecule has 0 aliphatic rings. The van der Waals surface area contributed by atoms with Gasteiger partial charge in [-0.15, -0.1) is 0 Å². The summed E-state index contributed by atoms with van der Waals surface area (Å²) in [6, 6.07) is 28.3. The van der Waals surface area contributed by atoms with E-state index in [0.29, 0.717) is 13.0 Å². The Kier molecular flexibility index (Phi) is 13.3. The number of aromatic nitrogens is 1. The van der Waals surface area contributed by atoms with Gasteiger partial charge in [0, 0.05) is 47.1 Å². The summed E-state index contributed by atoms with van der Waals surface area (Å²) in [5.41, 5.74) is 2.41. The molecule has 0 aliphatic heterocycles. The van der Waals surface area contributed by atoms with Crippen LogP contribution in [-0.4, -0.2) is 75.0 Å². The molecule has 47 heavy (non-hydrogen) atoms. The summed E-state index contributed by atoms with van der Waals surface area (Å²) in [5, 5.41) is 34.1. The van der Waals surface area contributed by atoms with Gasteiger partial charge in [0.15, 0.2) is 0 Å². The van der Waals surface area contributed by atoms with Crippen LogP contribution in [-0.2, 0) is 21.5 Å². The predicted molar refractivity (Wildman–Crippen MR) is 186 cm³/mol. The van der Waals surface area contributed by atoms with E-state index in [1.54, 1.807) is 11.2 Å². The maximum absolute atomic E-state index is 13.1. The highest BCUT2D eigenvalue weighted by Gasteiger charge is 2.28. The number of hydrogen-bond acceptors (Lipinski definition) is 9. The lowest BCUT2D eigenvalue weighted by atomic mass is 9.94. The Morgan fingerprint density at radius 1 is 0.894 bits per heavy atom. The first-order valence-electron chi connectivity index (χ1n) is 15.9. The largest absolute Gasteiger partial charge is 0.390 e. The second-order valence-corrected chi connectivity index (χ2v) is 13.5. The van der Waals surface area contributed by atoms with Gasteiger partial charge in [-0.2, -0.15) is 0 Å². The van der Waals surface area contributed by atoms with E-state index in [1.165, 1.54) is 0 Å². The van der Waals surface area contributed by atoms with Crippen molar-refractivity contribution >= 4 is 34.7 Å². The summed E-state index contributed by atoms with van der Waals surface area (Å²) in [6.07, 6.45) is 1.06. The van der Waals surface area contributed by atoms with Crippen LogP contribution >= 0.6 is 11.9 Å². The molecule has 0 saturated heterocycles. The number of fused-ring (bicyclic) bond motifs is 1. The smallest absolute Gasteiger partial charge is 0.239 e. The van der Waals surface area contributed by atoms with Crippen LogP contribution in [0.3, 0.4) is 0 Å². The van der Waals surface area contributed by atoms with E-state index in [-0.39, 0.29) is 31.5 Å². The van der Waals surface area contributed by atoms with Gasteiger partial charge in [-0.05, 0) is 61.6 Å². The summed E-state index contributed by atoms with van der Waals surface area (Å²) in [5.74, 6) is -0.558. The number of carbonyl (C=O) groups excluding carboxylic acids is 2. The normalized spacial score (nSPS) is 13.2. The molecule has 4 aromatic rings. The Morgan fingerprint density at radius 3 is 2.30 bits per heavy atom. The highest BCUT2D eigenvalue weighted by molar-refractivity contribution is 7.96. The van der Waals surface area contributed by atoms with E-state index in [1.807, 2.05) is 119 Å². The third-order valence-electron chi connectivity index (χ3n) is 7.72. The highest BCUT2D eigenvalue weighted by Crippen LogP contribution is 2.27. The molecule has 4 rings (SSSR count). The molecule has 0 saturated carbocycles. The molecule has 3 aromatic carbocycles. The number of nitrogens with zero attached hydrogens (tertiary/aromatic N) is 3. The molecule has 0 bridgehead atoms. The number of aliphatic hydroxyl groups is 1. The highest BCUT2D eigenvalue weighted by atomic mass is 32.2. The SMILES string of the molecule is CC(C)CN(CC(O)C(Cc1ccccc1)NC(=O)CNC(=O)CNC(C)(C)c1ccccc1)N(O)Sc1ccc2ncccc2c1. The second-order valence-electron chi connectivity index (χ2n) is 12.5. The van der Waals surface area contributed by atoms with Gasteiger partial charge in [-0.25, -0.2) is 5.01 Å². The van der Waals surface area contributed by atoms with E-state index >= 15 is 0 Å². The van der Waals surface area contributed by atoms with Crippen LogP contribution < -0.4 is 16.0 Å². The van der Waals surface area contributed by atoms with Crippen LogP contribution in [0.4, 0.5) is 0 Å². The van der Waals surface area contributed by atoms with Crippen molar-refractivity contribution in [3.05, 3.63) is 108 Å². The first-order valence-corrected chi connectivity index (χ1v) is 16.6. The maximum Gasteiger partial charge on any atom is 0.239 e. The second kappa shape index (κ2) is 17.4. The lowest BCUT2D eigenvalue weighted by molar-refractivity contribution is -0.174. The monoisotopic (exact) mass is 658 g/mol. The number of carbonyl (C=O) groups is 2. The van der Waals surface area contributed by atoms with Gasteiger partial charge < -0.3 is 15.7 Å². The Hall–Kier alpha value is -3.84. The quantitative estimate of drug-likeness (QED) is 0.0821. The van der Waals surface area contributed by atoms with E-state index in [2.05, 4.69) is 20.9 Å². The molecule has 250 valence electrons. The number of hydrogen-bond donors (Lipinski definition) is 5. The van der Waals surface area contributed by atoms with Crippen LogP contribution in [0.5, 0.6) is 0 Å². The zero-order chi connectivity index (χ0) is 33.8. The molecule has 2 atom stereocenters. The van der Waals surface area contributed by atoms with Crippen LogP contribution in [0.1, 0.15) is 38.8 Å². The van der Waals surface area contributed by atoms with Crippen molar-refractivity contribution in [2.45, 2.75) is 56.7 Å². The summed E-state index contributed by atoms with van der Waals surface area (Å²) >= 11 is 1.13. The molecule has 0 spiro atoms. The molecule has 2 unspecified atom stereocenters. The van der Waals surface area contributed by atoms with Crippen molar-refractivity contribution in [2.75, 3.05) is 26.2 Å². The van der Waals surface area contributed by atoms with Crippen molar-refractivity contribution in [1.82, 2.24) is 30.5 Å². The molecule has 5 N–H and O–H groups in total. The van der Waals surface area contributed by atoms with Gasteiger partial charge >= 0.3 is 0 Å². The summed E-state index contributed by atoms with van der Waals surface area (Å²) in [7, 11) is 0. The minimum Gasteiger partial charge on any atom is -0.390 e. The van der Waals surface area contributed by atoms with Gasteiger partial charge in [-0.1, -0.05) is 85.2 Å². The number of nitrogens with one attached hydrogen (secondary N) is 3. The van der Waals surface area contributed by atoms with Crippen LogP contribution in [0.2, 0.25) is 0 Å². The average molecular weight is 659 g/mol. The van der Waals surface area contributed by atoms with Gasteiger partial charge in [-0.3, -0.25) is 25.1 Å². The minimum absolute atomic E-state index is 0.0348. The van der Waals surface area contributed by atoms with Crippen molar-refractivity contribution < 1.29 is 19.9 Å². The number of aliphatic hydroxyl groups excluding tert-OH is 1. The Bertz CT molecular complexity index is 1570. The van der Waals surface area contributed by atoms with E-state index in [4.69, 9.17) is 0 Å². The lowest BCUT2D eigenvalue weighted by Crippen LogP contribution is -2.54. The van der Waals surface area contributed by atoms with Crippen molar-refractivity contribution in [3.63, 3.8) is 0 Å². The molecule has 2 amide bonds. The molecule has 0 fully saturated rings. The van der Waals surface area contributed by atoms with Crippen molar-refractivity contribution in [2.24, 2.45) is 5.92 Å². The number of amides is 2. The molecular weight excluding hydrogens is 613 g/mol. The van der Waals surface area contributed by atoms with E-state index in [0.717, 1.165) is 43.5 Å². The first-order chi connectivity index (χ1) is 22.5. The fourth-order valence-corrected chi connectivity index (χ4v) is 5.90. The lowest BCUT2D eigenvalue weighted by Gasteiger charge is -2.34.